The van der Waals surface area contributed by atoms with Crippen LogP contribution >= 0.6 is 11.8 Å². The molecule has 6 nitrogen and oxygen atoms in total. The molecular weight excluding hydrogens is 382 g/mol. The average molecular weight is 404 g/mol. The Bertz CT molecular complexity index is 1140. The predicted octanol–water partition coefficient (Wildman–Crippen LogP) is 4.42. The first-order chi connectivity index (χ1) is 14.1. The number of nitrogens with zero attached hydrogens (tertiary/aromatic N) is 4. The zero-order valence-corrected chi connectivity index (χ0v) is 17.1. The lowest BCUT2D eigenvalue weighted by molar-refractivity contribution is -0.113. The molecule has 1 amide bonds. The minimum Gasteiger partial charge on any atom is -0.325 e. The van der Waals surface area contributed by atoms with E-state index in [0.717, 1.165) is 33.9 Å². The summed E-state index contributed by atoms with van der Waals surface area (Å²) in [6.45, 7) is 4.15. The number of rotatable bonds is 6. The van der Waals surface area contributed by atoms with Gasteiger partial charge in [0.05, 0.1) is 23.0 Å². The maximum Gasteiger partial charge on any atom is 0.234 e. The molecule has 0 unspecified atom stereocenters. The highest BCUT2D eigenvalue weighted by Gasteiger charge is 2.13. The van der Waals surface area contributed by atoms with Crippen molar-refractivity contribution in [2.45, 2.75) is 25.3 Å². The lowest BCUT2D eigenvalue weighted by Gasteiger charge is -2.06. The van der Waals surface area contributed by atoms with Crippen LogP contribution in [0.5, 0.6) is 0 Å². The Morgan fingerprint density at radius 2 is 1.83 bits per heavy atom. The van der Waals surface area contributed by atoms with Gasteiger partial charge in [0.15, 0.2) is 5.65 Å². The standard InChI is InChI=1S/C22H21N5OS/c1-3-16-6-8-17(9-7-16)26-20(28)13-29-22-19-12-25-27(21(19)23-14-24-22)18-10-4-15(2)5-11-18/h4-12,14H,3,13H2,1-2H3,(H,26,28). The molecule has 7 heteroatoms. The van der Waals surface area contributed by atoms with Gasteiger partial charge in [-0.3, -0.25) is 4.79 Å². The first-order valence-electron chi connectivity index (χ1n) is 9.41. The molecule has 2 aromatic heterocycles. The summed E-state index contributed by atoms with van der Waals surface area (Å²) < 4.78 is 1.79. The Labute approximate surface area is 173 Å². The van der Waals surface area contributed by atoms with Crippen molar-refractivity contribution in [3.05, 3.63) is 72.2 Å². The number of carbonyl (C=O) groups is 1. The van der Waals surface area contributed by atoms with Crippen LogP contribution in [-0.4, -0.2) is 31.4 Å². The van der Waals surface area contributed by atoms with Crippen molar-refractivity contribution in [2.75, 3.05) is 11.1 Å². The minimum atomic E-state index is -0.0723. The third-order valence-electron chi connectivity index (χ3n) is 4.59. The number of hydrogen-bond donors (Lipinski definition) is 1. The molecule has 4 rings (SSSR count). The van der Waals surface area contributed by atoms with E-state index in [0.29, 0.717) is 0 Å². The first-order valence-corrected chi connectivity index (χ1v) is 10.4. The number of aromatic nitrogens is 4. The highest BCUT2D eigenvalue weighted by atomic mass is 32.2. The monoisotopic (exact) mass is 403 g/mol. The van der Waals surface area contributed by atoms with Gasteiger partial charge in [-0.15, -0.1) is 0 Å². The molecule has 0 atom stereocenters. The molecule has 0 bridgehead atoms. The van der Waals surface area contributed by atoms with Crippen LogP contribution in [0.2, 0.25) is 0 Å². The number of benzene rings is 2. The fourth-order valence-corrected chi connectivity index (χ4v) is 3.73. The lowest BCUT2D eigenvalue weighted by atomic mass is 10.1. The zero-order valence-electron chi connectivity index (χ0n) is 16.3. The lowest BCUT2D eigenvalue weighted by Crippen LogP contribution is -2.14. The molecule has 1 N–H and O–H groups in total. The van der Waals surface area contributed by atoms with E-state index >= 15 is 0 Å². The molecule has 0 saturated carbocycles. The van der Waals surface area contributed by atoms with Gasteiger partial charge in [-0.2, -0.15) is 5.10 Å². The quantitative estimate of drug-likeness (QED) is 0.381. The molecule has 0 spiro atoms. The second-order valence-electron chi connectivity index (χ2n) is 6.70. The molecular formula is C22H21N5OS. The summed E-state index contributed by atoms with van der Waals surface area (Å²) in [5, 5.41) is 8.96. The molecule has 0 aliphatic heterocycles. The van der Waals surface area contributed by atoms with Gasteiger partial charge >= 0.3 is 0 Å². The Morgan fingerprint density at radius 3 is 2.55 bits per heavy atom. The number of fused-ring (bicyclic) bond motifs is 1. The van der Waals surface area contributed by atoms with Gasteiger partial charge in [-0.1, -0.05) is 48.5 Å². The van der Waals surface area contributed by atoms with Crippen LogP contribution in [0.1, 0.15) is 18.1 Å². The van der Waals surface area contributed by atoms with Gasteiger partial charge in [0.1, 0.15) is 11.4 Å². The molecule has 2 heterocycles. The highest BCUT2D eigenvalue weighted by molar-refractivity contribution is 8.00. The summed E-state index contributed by atoms with van der Waals surface area (Å²) in [4.78, 5) is 21.1. The van der Waals surface area contributed by atoms with Crippen LogP contribution in [-0.2, 0) is 11.2 Å². The van der Waals surface area contributed by atoms with Crippen molar-refractivity contribution in [3.8, 4) is 5.69 Å². The van der Waals surface area contributed by atoms with E-state index in [9.17, 15) is 4.79 Å². The minimum absolute atomic E-state index is 0.0723. The van der Waals surface area contributed by atoms with Crippen molar-refractivity contribution >= 4 is 34.4 Å². The number of hydrogen-bond acceptors (Lipinski definition) is 5. The molecule has 29 heavy (non-hydrogen) atoms. The number of thioether (sulfide) groups is 1. The second-order valence-corrected chi connectivity index (χ2v) is 7.66. The summed E-state index contributed by atoms with van der Waals surface area (Å²) in [6.07, 6.45) is 4.24. The Hall–Kier alpha value is -3.19. The van der Waals surface area contributed by atoms with Gasteiger partial charge in [0.25, 0.3) is 0 Å². The van der Waals surface area contributed by atoms with E-state index in [4.69, 9.17) is 0 Å². The fraction of sp³-hybridized carbons (Fsp3) is 0.182. The molecule has 0 radical (unpaired) electrons. The SMILES string of the molecule is CCc1ccc(NC(=O)CSc2ncnc3c2cnn3-c2ccc(C)cc2)cc1. The predicted molar refractivity (Wildman–Crippen MR) is 117 cm³/mol. The van der Waals surface area contributed by atoms with Gasteiger partial charge in [-0.05, 0) is 43.2 Å². The molecule has 0 saturated heterocycles. The Balaban J connectivity index is 1.48. The third-order valence-corrected chi connectivity index (χ3v) is 5.60. The summed E-state index contributed by atoms with van der Waals surface area (Å²) >= 11 is 1.38. The first kappa shape index (κ1) is 19.1. The molecule has 0 aliphatic rings. The smallest absolute Gasteiger partial charge is 0.234 e. The number of amides is 1. The van der Waals surface area contributed by atoms with Gasteiger partial charge in [-0.25, -0.2) is 14.6 Å². The largest absolute Gasteiger partial charge is 0.325 e. The van der Waals surface area contributed by atoms with Gasteiger partial charge < -0.3 is 5.32 Å². The van der Waals surface area contributed by atoms with Crippen LogP contribution < -0.4 is 5.32 Å². The van der Waals surface area contributed by atoms with Gasteiger partial charge in [0, 0.05) is 5.69 Å². The van der Waals surface area contributed by atoms with Crippen LogP contribution in [0.15, 0.2) is 66.1 Å². The number of carbonyl (C=O) groups excluding carboxylic acids is 1. The molecule has 146 valence electrons. The topological polar surface area (TPSA) is 72.7 Å². The average Bonchev–Trinajstić information content (AvgIpc) is 3.18. The van der Waals surface area contributed by atoms with Gasteiger partial charge in [0.2, 0.25) is 5.91 Å². The van der Waals surface area contributed by atoms with E-state index in [2.05, 4.69) is 27.3 Å². The van der Waals surface area contributed by atoms with Crippen molar-refractivity contribution in [2.24, 2.45) is 0 Å². The molecule has 4 aromatic rings. The summed E-state index contributed by atoms with van der Waals surface area (Å²) in [7, 11) is 0. The maximum absolute atomic E-state index is 12.3. The molecule has 0 aliphatic carbocycles. The fourth-order valence-electron chi connectivity index (χ4n) is 2.97. The third kappa shape index (κ3) is 4.30. The van der Waals surface area contributed by atoms with E-state index in [1.54, 1.807) is 10.9 Å². The highest BCUT2D eigenvalue weighted by Crippen LogP contribution is 2.26. The number of aryl methyl sites for hydroxylation is 2. The zero-order chi connectivity index (χ0) is 20.2. The number of anilines is 1. The summed E-state index contributed by atoms with van der Waals surface area (Å²) in [6, 6.07) is 16.0. The van der Waals surface area contributed by atoms with Crippen molar-refractivity contribution in [1.82, 2.24) is 19.7 Å². The molecule has 0 fully saturated rings. The van der Waals surface area contributed by atoms with Crippen LogP contribution in [0, 0.1) is 6.92 Å². The van der Waals surface area contributed by atoms with Crippen molar-refractivity contribution in [3.63, 3.8) is 0 Å². The van der Waals surface area contributed by atoms with Crippen LogP contribution in [0.25, 0.3) is 16.7 Å². The normalized spacial score (nSPS) is 11.0. The van der Waals surface area contributed by atoms with Crippen molar-refractivity contribution < 1.29 is 4.79 Å². The van der Waals surface area contributed by atoms with Crippen LogP contribution in [0.4, 0.5) is 5.69 Å². The Kier molecular flexibility index (Phi) is 5.57. The van der Waals surface area contributed by atoms with E-state index < -0.39 is 0 Å². The Morgan fingerprint density at radius 1 is 1.07 bits per heavy atom. The van der Waals surface area contributed by atoms with E-state index in [1.807, 2.05) is 55.5 Å². The number of nitrogens with one attached hydrogen (secondary N) is 1. The van der Waals surface area contributed by atoms with Crippen molar-refractivity contribution in [1.29, 1.82) is 0 Å². The van der Waals surface area contributed by atoms with Crippen LogP contribution in [0.3, 0.4) is 0 Å². The molecule has 2 aromatic carbocycles. The summed E-state index contributed by atoms with van der Waals surface area (Å²) in [5.41, 5.74) is 4.89. The summed E-state index contributed by atoms with van der Waals surface area (Å²) in [5.74, 6) is 0.189. The second kappa shape index (κ2) is 8.45. The maximum atomic E-state index is 12.3. The van der Waals surface area contributed by atoms with E-state index in [-0.39, 0.29) is 11.7 Å². The van der Waals surface area contributed by atoms with E-state index in [1.165, 1.54) is 29.2 Å².